The summed E-state index contributed by atoms with van der Waals surface area (Å²) in [7, 11) is 0. The van der Waals surface area contributed by atoms with Crippen LogP contribution in [0.25, 0.3) is 0 Å². The van der Waals surface area contributed by atoms with Crippen molar-refractivity contribution in [2.75, 3.05) is 0 Å². The van der Waals surface area contributed by atoms with Gasteiger partial charge < -0.3 is 4.74 Å². The monoisotopic (exact) mass is 948 g/mol. The largest absolute Gasteiger partial charge is 0.490 e. The Bertz CT molecular complexity index is 2420. The lowest BCUT2D eigenvalue weighted by atomic mass is 9.12. The van der Waals surface area contributed by atoms with E-state index in [1.54, 1.807) is 12.4 Å². The maximum absolute atomic E-state index is 15.4. The quantitative estimate of drug-likeness (QED) is 0.0501. The minimum atomic E-state index is -7.22. The van der Waals surface area contributed by atoms with Crippen LogP contribution >= 0.6 is 0 Å². The van der Waals surface area contributed by atoms with Crippen molar-refractivity contribution in [2.45, 2.75) is 44.8 Å². The molecule has 6 aromatic rings. The van der Waals surface area contributed by atoms with E-state index in [2.05, 4.69) is 33.8 Å². The summed E-state index contributed by atoms with van der Waals surface area (Å²) in [4.78, 5) is 4.03. The van der Waals surface area contributed by atoms with E-state index < -0.39 is 144 Å². The normalized spacial score (nSPS) is 13.2. The Labute approximate surface area is 351 Å². The van der Waals surface area contributed by atoms with Crippen LogP contribution in [0.5, 0.6) is 5.75 Å². The van der Waals surface area contributed by atoms with Crippen LogP contribution in [-0.4, -0.2) is 17.2 Å². The number of hydrogen-bond donors (Lipinski definition) is 0. The van der Waals surface area contributed by atoms with Gasteiger partial charge in [-0.15, -0.1) is 21.9 Å². The molecule has 344 valence electrons. The van der Waals surface area contributed by atoms with Gasteiger partial charge >= 0.3 is 0 Å². The molecule has 0 unspecified atom stereocenters. The van der Waals surface area contributed by atoms with Gasteiger partial charge in [0.15, 0.2) is 88.7 Å². The lowest BCUT2D eigenvalue weighted by Gasteiger charge is -2.44. The molecule has 0 bridgehead atoms. The summed E-state index contributed by atoms with van der Waals surface area (Å²) in [6.07, 6.45) is 7.16. The zero-order valence-corrected chi connectivity index (χ0v) is 31.9. The minimum Gasteiger partial charge on any atom is -0.490 e. The maximum Gasteiger partial charge on any atom is 0.200 e. The van der Waals surface area contributed by atoms with Crippen molar-refractivity contribution >= 4 is 28.0 Å². The molecule has 5 aromatic carbocycles. The first-order chi connectivity index (χ1) is 30.6. The predicted molar refractivity (Wildman–Crippen MR) is 187 cm³/mol. The van der Waals surface area contributed by atoms with Crippen molar-refractivity contribution in [1.82, 2.24) is 4.98 Å². The molecule has 0 atom stereocenters. The first kappa shape index (κ1) is 48.1. The SMILES string of the molecule is Fc1c(F)c(F)c([B-](c2c(F)c(F)c(F)c(F)c2F)(c2c(F)c(F)c(F)c(F)c2F)c2c(F)c(F)c(F)c(F)c2F)c(F)c1F.c1c[n+](Cc2ccc(OC3CCCCC3)cc2)ccn1. The summed E-state index contributed by atoms with van der Waals surface area (Å²) < 4.78 is 302. The Balaban J connectivity index is 0.000000289. The molecule has 1 heterocycles. The highest BCUT2D eigenvalue weighted by atomic mass is 19.2. The first-order valence-corrected chi connectivity index (χ1v) is 18.4. The zero-order valence-electron chi connectivity index (χ0n) is 31.9. The summed E-state index contributed by atoms with van der Waals surface area (Å²) in [6, 6.07) is 8.47. The molecule has 1 aliphatic carbocycles. The molecule has 0 N–H and O–H groups in total. The van der Waals surface area contributed by atoms with Crippen LogP contribution in [0.1, 0.15) is 37.7 Å². The van der Waals surface area contributed by atoms with E-state index in [9.17, 15) is 52.7 Å². The highest BCUT2D eigenvalue weighted by Gasteiger charge is 2.52. The molecular weight excluding hydrogens is 927 g/mol. The van der Waals surface area contributed by atoms with Crippen LogP contribution in [0.15, 0.2) is 49.1 Å². The van der Waals surface area contributed by atoms with Gasteiger partial charge in [-0.2, -0.15) is 4.57 Å². The second-order valence-electron chi connectivity index (χ2n) is 14.2. The van der Waals surface area contributed by atoms with Gasteiger partial charge in [-0.05, 0) is 49.9 Å². The molecule has 1 fully saturated rings. The Kier molecular flexibility index (Phi) is 13.8. The van der Waals surface area contributed by atoms with E-state index in [-0.39, 0.29) is 0 Å². The number of hydrogen-bond acceptors (Lipinski definition) is 2. The third-order valence-electron chi connectivity index (χ3n) is 10.5. The molecule has 1 saturated carbocycles. The number of nitrogens with zero attached hydrogens (tertiary/aromatic N) is 2. The Morgan fingerprint density at radius 3 is 0.969 bits per heavy atom. The van der Waals surface area contributed by atoms with Crippen molar-refractivity contribution < 1.29 is 97.1 Å². The van der Waals surface area contributed by atoms with Gasteiger partial charge in [0.25, 0.3) is 0 Å². The molecule has 0 radical (unpaired) electrons. The molecule has 0 aliphatic heterocycles. The van der Waals surface area contributed by atoms with Crippen LogP contribution in [0, 0.1) is 116 Å². The Morgan fingerprint density at radius 1 is 0.400 bits per heavy atom. The number of ether oxygens (including phenoxy) is 1. The maximum atomic E-state index is 15.4. The average Bonchev–Trinajstić information content (AvgIpc) is 3.30. The topological polar surface area (TPSA) is 26.0 Å². The van der Waals surface area contributed by atoms with Crippen LogP contribution < -0.4 is 31.2 Å². The highest BCUT2D eigenvalue weighted by Crippen LogP contribution is 2.31. The molecule has 1 aromatic heterocycles. The first-order valence-electron chi connectivity index (χ1n) is 18.4. The zero-order chi connectivity index (χ0) is 48.0. The van der Waals surface area contributed by atoms with E-state index >= 15 is 35.1 Å². The van der Waals surface area contributed by atoms with Gasteiger partial charge in [-0.3, -0.25) is 4.98 Å². The van der Waals surface area contributed by atoms with Crippen molar-refractivity contribution in [2.24, 2.45) is 0 Å². The number of halogens is 20. The van der Waals surface area contributed by atoms with Crippen LogP contribution in [0.2, 0.25) is 0 Å². The second kappa shape index (κ2) is 18.6. The van der Waals surface area contributed by atoms with Gasteiger partial charge in [0.1, 0.15) is 58.4 Å². The van der Waals surface area contributed by atoms with Crippen molar-refractivity contribution in [3.63, 3.8) is 0 Å². The molecule has 1 aliphatic rings. The lowest BCUT2D eigenvalue weighted by Crippen LogP contribution is -2.81. The van der Waals surface area contributed by atoms with Gasteiger partial charge in [0.2, 0.25) is 0 Å². The predicted octanol–water partition coefficient (Wildman–Crippen LogP) is 8.97. The van der Waals surface area contributed by atoms with Crippen molar-refractivity contribution in [3.8, 4) is 5.75 Å². The van der Waals surface area contributed by atoms with Gasteiger partial charge in [0.05, 0.1) is 18.5 Å². The fourth-order valence-electron chi connectivity index (χ4n) is 7.59. The molecule has 0 amide bonds. The van der Waals surface area contributed by atoms with Crippen molar-refractivity contribution in [1.29, 1.82) is 0 Å². The second-order valence-corrected chi connectivity index (χ2v) is 14.2. The molecule has 24 heteroatoms. The average molecular weight is 948 g/mol. The van der Waals surface area contributed by atoms with Crippen LogP contribution in [0.4, 0.5) is 87.8 Å². The third kappa shape index (κ3) is 8.19. The van der Waals surface area contributed by atoms with E-state index in [4.69, 9.17) is 4.74 Å². The molecule has 0 saturated heterocycles. The lowest BCUT2D eigenvalue weighted by molar-refractivity contribution is -0.688. The van der Waals surface area contributed by atoms with Crippen molar-refractivity contribution in [3.05, 3.63) is 171 Å². The fourth-order valence-corrected chi connectivity index (χ4v) is 7.59. The summed E-state index contributed by atoms with van der Waals surface area (Å²) >= 11 is 0. The van der Waals surface area contributed by atoms with Gasteiger partial charge in [0, 0.05) is 5.56 Å². The summed E-state index contributed by atoms with van der Waals surface area (Å²) in [5.74, 6) is -70.4. The Hall–Kier alpha value is -6.36. The molecule has 7 rings (SSSR count). The third-order valence-corrected chi connectivity index (χ3v) is 10.5. The highest BCUT2D eigenvalue weighted by molar-refractivity contribution is 7.20. The number of aromatic nitrogens is 2. The van der Waals surface area contributed by atoms with E-state index in [0.29, 0.717) is 6.10 Å². The summed E-state index contributed by atoms with van der Waals surface area (Å²) in [6.45, 7) is 0.867. The molecule has 0 spiro atoms. The smallest absolute Gasteiger partial charge is 0.200 e. The van der Waals surface area contributed by atoms with Crippen LogP contribution in [-0.2, 0) is 6.54 Å². The van der Waals surface area contributed by atoms with Gasteiger partial charge in [-0.1, -0.05) is 6.42 Å². The standard InChI is InChI=1S/C24BF20.C17H21N2O/c26-5-1(6(27)14(35)21(42)13(5)34)25(2-7(28)15(36)22(43)16(37)8(2)29,3-9(30)17(38)23(44)18(39)10(3)31)4-11(32)19(40)24(45)20(41)12(4)33;1-2-4-16(5-3-1)20-17-8-6-15(7-9-17)14-19-12-10-18-11-13-19/h;6-13,16H,1-5,14H2/q-1;+1. The summed E-state index contributed by atoms with van der Waals surface area (Å²) in [5.41, 5.74) is -13.1. The number of rotatable bonds is 8. The Morgan fingerprint density at radius 2 is 0.677 bits per heavy atom. The van der Waals surface area contributed by atoms with E-state index in [1.165, 1.54) is 37.7 Å². The molecule has 3 nitrogen and oxygen atoms in total. The van der Waals surface area contributed by atoms with E-state index in [1.807, 2.05) is 12.4 Å². The van der Waals surface area contributed by atoms with E-state index in [0.717, 1.165) is 12.3 Å². The van der Waals surface area contributed by atoms with Crippen LogP contribution in [0.3, 0.4) is 0 Å². The number of benzene rings is 5. The fraction of sp³-hybridized carbons (Fsp3) is 0.171. The summed E-state index contributed by atoms with van der Waals surface area (Å²) in [5, 5.41) is 0. The molecule has 65 heavy (non-hydrogen) atoms. The van der Waals surface area contributed by atoms with Gasteiger partial charge in [-0.25, -0.2) is 87.8 Å². The molecular formula is C41H21BF20N2O. The minimum absolute atomic E-state index is 0.421.